The van der Waals surface area contributed by atoms with Crippen molar-refractivity contribution in [3.63, 3.8) is 0 Å². The summed E-state index contributed by atoms with van der Waals surface area (Å²) >= 11 is 0. The summed E-state index contributed by atoms with van der Waals surface area (Å²) < 4.78 is 57.9. The standard InChI is InChI=1S/C17H26F2N4O3S/c1-20-17(21-7-9-26-16-6-5-14(18)11-15(16)19)22-8-10-27(24,25)23-12-13-3-2-4-13/h5-6,11,13,23H,2-4,7-10,12H2,1H3,(H2,20,21,22). The summed E-state index contributed by atoms with van der Waals surface area (Å²) in [4.78, 5) is 3.98. The lowest BCUT2D eigenvalue weighted by Gasteiger charge is -2.25. The van der Waals surface area contributed by atoms with Gasteiger partial charge in [0.25, 0.3) is 0 Å². The van der Waals surface area contributed by atoms with E-state index in [1.54, 1.807) is 7.05 Å². The van der Waals surface area contributed by atoms with E-state index < -0.39 is 21.7 Å². The van der Waals surface area contributed by atoms with Crippen LogP contribution in [0.25, 0.3) is 0 Å². The first-order valence-corrected chi connectivity index (χ1v) is 10.5. The molecule has 3 N–H and O–H groups in total. The molecular formula is C17H26F2N4O3S. The van der Waals surface area contributed by atoms with E-state index in [9.17, 15) is 17.2 Å². The second-order valence-corrected chi connectivity index (χ2v) is 8.24. The maximum absolute atomic E-state index is 13.4. The molecule has 1 aliphatic carbocycles. The first-order valence-electron chi connectivity index (χ1n) is 8.89. The van der Waals surface area contributed by atoms with E-state index in [1.807, 2.05) is 0 Å². The number of ether oxygens (including phenoxy) is 1. The zero-order valence-corrected chi connectivity index (χ0v) is 16.1. The van der Waals surface area contributed by atoms with Gasteiger partial charge in [-0.1, -0.05) is 6.42 Å². The minimum absolute atomic E-state index is 0.0372. The second kappa shape index (κ2) is 10.4. The largest absolute Gasteiger partial charge is 0.489 e. The molecule has 0 unspecified atom stereocenters. The molecule has 27 heavy (non-hydrogen) atoms. The highest BCUT2D eigenvalue weighted by molar-refractivity contribution is 7.89. The van der Waals surface area contributed by atoms with Gasteiger partial charge >= 0.3 is 0 Å². The van der Waals surface area contributed by atoms with Crippen LogP contribution >= 0.6 is 0 Å². The summed E-state index contributed by atoms with van der Waals surface area (Å²) in [5.74, 6) is -0.653. The van der Waals surface area contributed by atoms with Crippen molar-refractivity contribution >= 4 is 16.0 Å². The third kappa shape index (κ3) is 7.67. The van der Waals surface area contributed by atoms with E-state index in [-0.39, 0.29) is 24.7 Å². The van der Waals surface area contributed by atoms with Crippen LogP contribution in [-0.2, 0) is 10.0 Å². The van der Waals surface area contributed by atoms with Gasteiger partial charge in [0.05, 0.1) is 12.3 Å². The van der Waals surface area contributed by atoms with Gasteiger partial charge in [0.15, 0.2) is 17.5 Å². The van der Waals surface area contributed by atoms with Crippen molar-refractivity contribution in [3.05, 3.63) is 29.8 Å². The minimum atomic E-state index is -3.32. The Hall–Kier alpha value is -1.94. The lowest BCUT2D eigenvalue weighted by Crippen LogP contribution is -2.43. The number of aliphatic imine (C=N–C) groups is 1. The molecule has 1 saturated carbocycles. The molecule has 152 valence electrons. The molecule has 0 heterocycles. The van der Waals surface area contributed by atoms with E-state index >= 15 is 0 Å². The highest BCUT2D eigenvalue weighted by Gasteiger charge is 2.20. The highest BCUT2D eigenvalue weighted by atomic mass is 32.2. The zero-order valence-electron chi connectivity index (χ0n) is 15.3. The number of nitrogens with zero attached hydrogens (tertiary/aromatic N) is 1. The molecule has 0 aliphatic heterocycles. The Labute approximate surface area is 158 Å². The third-order valence-electron chi connectivity index (χ3n) is 4.25. The van der Waals surface area contributed by atoms with E-state index in [4.69, 9.17) is 4.74 Å². The van der Waals surface area contributed by atoms with E-state index in [0.717, 1.165) is 25.0 Å². The summed E-state index contributed by atoms with van der Waals surface area (Å²) in [6, 6.07) is 3.09. The maximum atomic E-state index is 13.4. The second-order valence-electron chi connectivity index (χ2n) is 6.31. The molecule has 1 fully saturated rings. The van der Waals surface area contributed by atoms with Crippen molar-refractivity contribution in [2.24, 2.45) is 10.9 Å². The fourth-order valence-electron chi connectivity index (χ4n) is 2.46. The van der Waals surface area contributed by atoms with Gasteiger partial charge in [-0.3, -0.25) is 4.99 Å². The van der Waals surface area contributed by atoms with Gasteiger partial charge in [-0.2, -0.15) is 0 Å². The van der Waals surface area contributed by atoms with Crippen LogP contribution in [0.1, 0.15) is 19.3 Å². The van der Waals surface area contributed by atoms with Gasteiger partial charge in [-0.05, 0) is 30.9 Å². The number of halogens is 2. The van der Waals surface area contributed by atoms with Crippen LogP contribution in [0.3, 0.4) is 0 Å². The van der Waals surface area contributed by atoms with E-state index in [2.05, 4.69) is 20.3 Å². The molecule has 0 amide bonds. The summed E-state index contributed by atoms with van der Waals surface area (Å²) in [5, 5.41) is 5.83. The van der Waals surface area contributed by atoms with Crippen LogP contribution in [-0.4, -0.2) is 53.4 Å². The molecule has 2 rings (SSSR count). The SMILES string of the molecule is CN=C(NCCOc1ccc(F)cc1F)NCCS(=O)(=O)NCC1CCC1. The number of benzene rings is 1. The van der Waals surface area contributed by atoms with Crippen LogP contribution in [0.5, 0.6) is 5.75 Å². The van der Waals surface area contributed by atoms with Crippen LogP contribution < -0.4 is 20.1 Å². The number of rotatable bonds is 10. The van der Waals surface area contributed by atoms with Crippen molar-refractivity contribution in [3.8, 4) is 5.75 Å². The molecule has 7 nitrogen and oxygen atoms in total. The molecule has 0 atom stereocenters. The lowest BCUT2D eigenvalue weighted by atomic mass is 9.86. The summed E-state index contributed by atoms with van der Waals surface area (Å²) in [5.41, 5.74) is 0. The normalized spacial score (nSPS) is 15.3. The van der Waals surface area contributed by atoms with Crippen LogP contribution in [0.15, 0.2) is 23.2 Å². The highest BCUT2D eigenvalue weighted by Crippen LogP contribution is 2.25. The fraction of sp³-hybridized carbons (Fsp3) is 0.588. The maximum Gasteiger partial charge on any atom is 0.213 e. The van der Waals surface area contributed by atoms with Crippen molar-refractivity contribution in [2.75, 3.05) is 39.0 Å². The zero-order chi connectivity index (χ0) is 19.7. The molecule has 0 saturated heterocycles. The molecule has 1 aliphatic rings. The minimum Gasteiger partial charge on any atom is -0.489 e. The Bertz CT molecular complexity index is 740. The van der Waals surface area contributed by atoms with Gasteiger partial charge in [-0.15, -0.1) is 0 Å². The van der Waals surface area contributed by atoms with Gasteiger partial charge < -0.3 is 15.4 Å². The molecule has 10 heteroatoms. The van der Waals surface area contributed by atoms with Gasteiger partial charge in [0, 0.05) is 26.2 Å². The van der Waals surface area contributed by atoms with Gasteiger partial charge in [-0.25, -0.2) is 21.9 Å². The number of guanidine groups is 1. The number of hydrogen-bond acceptors (Lipinski definition) is 4. The van der Waals surface area contributed by atoms with Crippen molar-refractivity contribution in [1.29, 1.82) is 0 Å². The molecule has 0 bridgehead atoms. The topological polar surface area (TPSA) is 91.8 Å². The fourth-order valence-corrected chi connectivity index (χ4v) is 3.47. The van der Waals surface area contributed by atoms with E-state index in [1.165, 1.54) is 12.5 Å². The monoisotopic (exact) mass is 404 g/mol. The Morgan fingerprint density at radius 2 is 2.00 bits per heavy atom. The molecule has 1 aromatic carbocycles. The van der Waals surface area contributed by atoms with Gasteiger partial charge in [0.2, 0.25) is 10.0 Å². The predicted octanol–water partition coefficient (Wildman–Crippen LogP) is 1.23. The third-order valence-corrected chi connectivity index (χ3v) is 5.60. The lowest BCUT2D eigenvalue weighted by molar-refractivity contribution is 0.304. The summed E-state index contributed by atoms with van der Waals surface area (Å²) in [6.07, 6.45) is 3.34. The summed E-state index contributed by atoms with van der Waals surface area (Å²) in [6.45, 7) is 1.15. The Kier molecular flexibility index (Phi) is 8.23. The molecule has 1 aromatic rings. The van der Waals surface area contributed by atoms with Crippen LogP contribution in [0.4, 0.5) is 8.78 Å². The van der Waals surface area contributed by atoms with Crippen molar-refractivity contribution in [2.45, 2.75) is 19.3 Å². The number of nitrogens with one attached hydrogen (secondary N) is 3. The molecule has 0 spiro atoms. The average Bonchev–Trinajstić information content (AvgIpc) is 2.57. The molecular weight excluding hydrogens is 378 g/mol. The number of hydrogen-bond donors (Lipinski definition) is 3. The first-order chi connectivity index (χ1) is 12.9. The quantitative estimate of drug-likeness (QED) is 0.310. The van der Waals surface area contributed by atoms with Crippen LogP contribution in [0.2, 0.25) is 0 Å². The Morgan fingerprint density at radius 1 is 1.26 bits per heavy atom. The van der Waals surface area contributed by atoms with Crippen molar-refractivity contribution in [1.82, 2.24) is 15.4 Å². The number of sulfonamides is 1. The predicted molar refractivity (Wildman–Crippen MR) is 100 cm³/mol. The summed E-state index contributed by atoms with van der Waals surface area (Å²) in [7, 11) is -1.76. The molecule has 0 aromatic heterocycles. The van der Waals surface area contributed by atoms with E-state index in [0.29, 0.717) is 25.0 Å². The average molecular weight is 404 g/mol. The van der Waals surface area contributed by atoms with Crippen LogP contribution in [0, 0.1) is 17.6 Å². The van der Waals surface area contributed by atoms with Gasteiger partial charge in [0.1, 0.15) is 12.4 Å². The smallest absolute Gasteiger partial charge is 0.213 e. The Morgan fingerprint density at radius 3 is 2.63 bits per heavy atom. The molecule has 0 radical (unpaired) electrons. The first kappa shape index (κ1) is 21.4. The van der Waals surface area contributed by atoms with Crippen molar-refractivity contribution < 1.29 is 21.9 Å². The Balaban J connectivity index is 1.62.